The molecule has 1 aromatic rings. The first-order valence-corrected chi connectivity index (χ1v) is 3.29. The Morgan fingerprint density at radius 3 is 2.83 bits per heavy atom. The Labute approximate surface area is 68.6 Å². The molecule has 1 heterocycles. The van der Waals surface area contributed by atoms with Crippen LogP contribution in [-0.4, -0.2) is 11.0 Å². The van der Waals surface area contributed by atoms with Crippen LogP contribution < -0.4 is 11.1 Å². The summed E-state index contributed by atoms with van der Waals surface area (Å²) in [6, 6.07) is 1.84. The summed E-state index contributed by atoms with van der Waals surface area (Å²) in [5, 5.41) is 2.23. The number of aromatic nitrogens is 1. The van der Waals surface area contributed by atoms with Crippen LogP contribution in [0.5, 0.6) is 0 Å². The van der Waals surface area contributed by atoms with Crippen molar-refractivity contribution >= 4 is 11.8 Å². The molecule has 0 aliphatic heterocycles. The lowest BCUT2D eigenvalue weighted by Gasteiger charge is -2.01. The summed E-state index contributed by atoms with van der Waals surface area (Å²) in [5.74, 6) is -0.161. The maximum absolute atomic E-state index is 12.6. The molecule has 1 aromatic heterocycles. The van der Waals surface area contributed by atoms with E-state index >= 15 is 0 Å². The molecule has 0 bridgehead atoms. The highest BCUT2D eigenvalue weighted by Gasteiger charge is 2.01. The second kappa shape index (κ2) is 3.17. The number of nitrogens with two attached hydrogens (primary N) is 1. The van der Waals surface area contributed by atoms with Crippen LogP contribution >= 0.6 is 0 Å². The van der Waals surface area contributed by atoms with E-state index < -0.39 is 11.8 Å². The van der Waals surface area contributed by atoms with Gasteiger partial charge in [-0.2, -0.15) is 0 Å². The molecule has 3 N–H and O–H groups in total. The fraction of sp³-hybridized carbons (Fsp3) is 0.143. The van der Waals surface area contributed by atoms with E-state index in [0.717, 1.165) is 0 Å². The summed E-state index contributed by atoms with van der Waals surface area (Å²) in [4.78, 5) is 14.1. The van der Waals surface area contributed by atoms with Gasteiger partial charge >= 0.3 is 6.03 Å². The first-order valence-electron chi connectivity index (χ1n) is 3.29. The number of nitrogens with one attached hydrogen (secondary N) is 1. The third-order valence-corrected chi connectivity index (χ3v) is 1.27. The quantitative estimate of drug-likeness (QED) is 0.659. The first-order chi connectivity index (χ1) is 5.59. The molecule has 12 heavy (non-hydrogen) atoms. The Bertz CT molecular complexity index is 314. The van der Waals surface area contributed by atoms with E-state index in [4.69, 9.17) is 5.73 Å². The van der Waals surface area contributed by atoms with Gasteiger partial charge in [0.25, 0.3) is 0 Å². The summed E-state index contributed by atoms with van der Waals surface area (Å²) >= 11 is 0. The molecule has 0 saturated carbocycles. The van der Waals surface area contributed by atoms with Crippen LogP contribution in [0.15, 0.2) is 12.1 Å². The van der Waals surface area contributed by atoms with E-state index in [1.807, 2.05) is 0 Å². The summed E-state index contributed by atoms with van der Waals surface area (Å²) in [7, 11) is 0. The molecule has 4 nitrogen and oxygen atoms in total. The van der Waals surface area contributed by atoms with Crippen LogP contribution in [0.2, 0.25) is 0 Å². The van der Waals surface area contributed by atoms with E-state index in [1.165, 1.54) is 19.1 Å². The molecule has 0 unspecified atom stereocenters. The van der Waals surface area contributed by atoms with Crippen molar-refractivity contribution in [2.45, 2.75) is 6.92 Å². The summed E-state index contributed by atoms with van der Waals surface area (Å²) in [6.45, 7) is 1.50. The Balaban J connectivity index is 2.89. The van der Waals surface area contributed by atoms with Crippen LogP contribution in [0.1, 0.15) is 5.69 Å². The van der Waals surface area contributed by atoms with Crippen molar-refractivity contribution in [2.75, 3.05) is 5.32 Å². The molecule has 0 radical (unpaired) electrons. The molecule has 2 amide bonds. The van der Waals surface area contributed by atoms with Gasteiger partial charge in [-0.1, -0.05) is 0 Å². The predicted octanol–water partition coefficient (Wildman–Crippen LogP) is 1.02. The van der Waals surface area contributed by atoms with Crippen LogP contribution in [-0.2, 0) is 0 Å². The van der Waals surface area contributed by atoms with Gasteiger partial charge in [-0.3, -0.25) is 5.32 Å². The van der Waals surface area contributed by atoms with Gasteiger partial charge in [-0.05, 0) is 19.1 Å². The minimum Gasteiger partial charge on any atom is -0.351 e. The van der Waals surface area contributed by atoms with Crippen molar-refractivity contribution in [1.29, 1.82) is 0 Å². The molecular weight excluding hydrogens is 161 g/mol. The van der Waals surface area contributed by atoms with E-state index in [-0.39, 0.29) is 11.5 Å². The molecule has 0 aromatic carbocycles. The van der Waals surface area contributed by atoms with Gasteiger partial charge < -0.3 is 5.73 Å². The number of carbonyl (C=O) groups is 1. The molecule has 0 aliphatic carbocycles. The number of hydrogen-bond acceptors (Lipinski definition) is 2. The fourth-order valence-electron chi connectivity index (χ4n) is 0.740. The zero-order valence-electron chi connectivity index (χ0n) is 6.47. The van der Waals surface area contributed by atoms with Gasteiger partial charge in [-0.15, -0.1) is 0 Å². The van der Waals surface area contributed by atoms with Crippen LogP contribution in [0.25, 0.3) is 0 Å². The lowest BCUT2D eigenvalue weighted by molar-refractivity contribution is 0.259. The van der Waals surface area contributed by atoms with Crippen LogP contribution in [0.4, 0.5) is 15.0 Å². The topological polar surface area (TPSA) is 68.0 Å². The standard InChI is InChI=1S/C7H8FN3O/c1-4-5(8)2-3-6(10-4)11-7(9)12/h2-3H,1H3,(H3,9,10,11,12). The highest BCUT2D eigenvalue weighted by molar-refractivity contribution is 5.86. The highest BCUT2D eigenvalue weighted by Crippen LogP contribution is 2.07. The number of pyridine rings is 1. The Morgan fingerprint density at radius 2 is 2.33 bits per heavy atom. The van der Waals surface area contributed by atoms with Crippen molar-refractivity contribution in [3.63, 3.8) is 0 Å². The van der Waals surface area contributed by atoms with E-state index in [1.54, 1.807) is 0 Å². The average Bonchev–Trinajstić information content (AvgIpc) is 1.96. The van der Waals surface area contributed by atoms with Gasteiger partial charge in [0.05, 0.1) is 5.69 Å². The molecule has 64 valence electrons. The summed E-state index contributed by atoms with van der Waals surface area (Å²) < 4.78 is 12.6. The number of hydrogen-bond donors (Lipinski definition) is 2. The minimum absolute atomic E-state index is 0.223. The number of primary amides is 1. The maximum Gasteiger partial charge on any atom is 0.317 e. The minimum atomic E-state index is -0.714. The van der Waals surface area contributed by atoms with Gasteiger partial charge in [-0.25, -0.2) is 14.2 Å². The predicted molar refractivity (Wildman–Crippen MR) is 42.1 cm³/mol. The second-order valence-electron chi connectivity index (χ2n) is 2.25. The van der Waals surface area contributed by atoms with Crippen molar-refractivity contribution < 1.29 is 9.18 Å². The molecule has 0 saturated heterocycles. The monoisotopic (exact) mass is 169 g/mol. The van der Waals surface area contributed by atoms with Gasteiger partial charge in [0.1, 0.15) is 11.6 Å². The van der Waals surface area contributed by atoms with Gasteiger partial charge in [0.2, 0.25) is 0 Å². The summed E-state index contributed by atoms with van der Waals surface area (Å²) in [5.41, 5.74) is 5.05. The average molecular weight is 169 g/mol. The largest absolute Gasteiger partial charge is 0.351 e. The number of carbonyl (C=O) groups excluding carboxylic acids is 1. The Hall–Kier alpha value is -1.65. The SMILES string of the molecule is Cc1nc(NC(N)=O)ccc1F. The highest BCUT2D eigenvalue weighted by atomic mass is 19.1. The van der Waals surface area contributed by atoms with E-state index in [9.17, 15) is 9.18 Å². The lowest BCUT2D eigenvalue weighted by atomic mass is 10.3. The fourth-order valence-corrected chi connectivity index (χ4v) is 0.740. The number of amides is 2. The number of urea groups is 1. The van der Waals surface area contributed by atoms with Crippen LogP contribution in [0.3, 0.4) is 0 Å². The maximum atomic E-state index is 12.6. The molecule has 0 aliphatic rings. The third kappa shape index (κ3) is 1.91. The molecule has 0 spiro atoms. The molecule has 0 atom stereocenters. The van der Waals surface area contributed by atoms with E-state index in [2.05, 4.69) is 10.3 Å². The smallest absolute Gasteiger partial charge is 0.317 e. The zero-order chi connectivity index (χ0) is 9.14. The number of halogens is 1. The molecule has 0 fully saturated rings. The molecular formula is C7H8FN3O. The second-order valence-corrected chi connectivity index (χ2v) is 2.25. The normalized spacial score (nSPS) is 9.50. The van der Waals surface area contributed by atoms with Gasteiger partial charge in [0.15, 0.2) is 0 Å². The van der Waals surface area contributed by atoms with Crippen molar-refractivity contribution in [3.05, 3.63) is 23.6 Å². The lowest BCUT2D eigenvalue weighted by Crippen LogP contribution is -2.20. The van der Waals surface area contributed by atoms with E-state index in [0.29, 0.717) is 0 Å². The Kier molecular flexibility index (Phi) is 2.23. The van der Waals surface area contributed by atoms with Crippen LogP contribution in [0, 0.1) is 12.7 Å². The first kappa shape index (κ1) is 8.45. The number of nitrogens with zero attached hydrogens (tertiary/aromatic N) is 1. The van der Waals surface area contributed by atoms with Crippen molar-refractivity contribution in [3.8, 4) is 0 Å². The number of rotatable bonds is 1. The number of aryl methyl sites for hydroxylation is 1. The Morgan fingerprint density at radius 1 is 1.67 bits per heavy atom. The third-order valence-electron chi connectivity index (χ3n) is 1.27. The zero-order valence-corrected chi connectivity index (χ0v) is 6.47. The molecule has 5 heteroatoms. The number of anilines is 1. The van der Waals surface area contributed by atoms with Crippen molar-refractivity contribution in [2.24, 2.45) is 5.73 Å². The molecule has 1 rings (SSSR count). The van der Waals surface area contributed by atoms with Crippen molar-refractivity contribution in [1.82, 2.24) is 4.98 Å². The van der Waals surface area contributed by atoms with Gasteiger partial charge in [0, 0.05) is 0 Å². The summed E-state index contributed by atoms with van der Waals surface area (Å²) in [6.07, 6.45) is 0.